The zero-order valence-corrected chi connectivity index (χ0v) is 13.0. The molecule has 0 spiro atoms. The van der Waals surface area contributed by atoms with Gasteiger partial charge in [-0.15, -0.1) is 11.8 Å². The van der Waals surface area contributed by atoms with E-state index in [0.717, 1.165) is 12.3 Å². The van der Waals surface area contributed by atoms with Crippen molar-refractivity contribution in [1.82, 2.24) is 5.32 Å². The normalized spacial score (nSPS) is 12.2. The van der Waals surface area contributed by atoms with E-state index in [4.69, 9.17) is 0 Å². The average molecular weight is 281 g/mol. The number of thioether (sulfide) groups is 1. The van der Waals surface area contributed by atoms with Gasteiger partial charge in [0.1, 0.15) is 0 Å². The maximum absolute atomic E-state index is 11.1. The first-order valence-electron chi connectivity index (χ1n) is 6.53. The van der Waals surface area contributed by atoms with E-state index < -0.39 is 0 Å². The Labute approximate surface area is 120 Å². The number of benzene rings is 1. The van der Waals surface area contributed by atoms with E-state index in [-0.39, 0.29) is 12.0 Å². The monoisotopic (exact) mass is 281 g/mol. The highest BCUT2D eigenvalue weighted by Crippen LogP contribution is 2.21. The van der Waals surface area contributed by atoms with Crippen molar-refractivity contribution < 1.29 is 9.53 Å². The van der Waals surface area contributed by atoms with Gasteiger partial charge in [0.15, 0.2) is 0 Å². The van der Waals surface area contributed by atoms with Gasteiger partial charge in [0.05, 0.1) is 12.9 Å². The number of rotatable bonds is 7. The number of hydrogen-bond donors (Lipinski definition) is 1. The first-order valence-corrected chi connectivity index (χ1v) is 7.68. The van der Waals surface area contributed by atoms with Gasteiger partial charge < -0.3 is 10.1 Å². The van der Waals surface area contributed by atoms with Crippen molar-refractivity contribution in [1.29, 1.82) is 0 Å². The quantitative estimate of drug-likeness (QED) is 0.780. The summed E-state index contributed by atoms with van der Waals surface area (Å²) in [4.78, 5) is 11.1. The summed E-state index contributed by atoms with van der Waals surface area (Å²) in [5.41, 5.74) is 3.84. The average Bonchev–Trinajstić information content (AvgIpc) is 2.36. The molecule has 1 rings (SSSR count). The summed E-state index contributed by atoms with van der Waals surface area (Å²) in [5.74, 6) is 1.11. The molecule has 0 bridgehead atoms. The van der Waals surface area contributed by atoms with Crippen LogP contribution in [0, 0.1) is 13.8 Å². The molecule has 0 heterocycles. The summed E-state index contributed by atoms with van der Waals surface area (Å²) >= 11 is 1.60. The van der Waals surface area contributed by atoms with Crippen molar-refractivity contribution in [2.45, 2.75) is 26.8 Å². The molecule has 1 unspecified atom stereocenters. The lowest BCUT2D eigenvalue weighted by molar-refractivity contribution is -0.137. The summed E-state index contributed by atoms with van der Waals surface area (Å²) in [5, 5.41) is 3.47. The van der Waals surface area contributed by atoms with Crippen LogP contribution in [0.15, 0.2) is 18.2 Å². The Balaban J connectivity index is 2.68. The zero-order chi connectivity index (χ0) is 14.3. The second-order valence-corrected chi connectivity index (χ2v) is 5.65. The van der Waals surface area contributed by atoms with Crippen LogP contribution in [-0.2, 0) is 9.53 Å². The van der Waals surface area contributed by atoms with Crippen molar-refractivity contribution in [2.24, 2.45) is 0 Å². The van der Waals surface area contributed by atoms with Crippen LogP contribution in [0.4, 0.5) is 0 Å². The van der Waals surface area contributed by atoms with Crippen LogP contribution < -0.4 is 5.32 Å². The zero-order valence-electron chi connectivity index (χ0n) is 12.2. The van der Waals surface area contributed by atoms with Crippen LogP contribution in [0.5, 0.6) is 0 Å². The number of aryl methyl sites for hydroxylation is 2. The van der Waals surface area contributed by atoms with E-state index in [1.165, 1.54) is 23.8 Å². The van der Waals surface area contributed by atoms with Crippen LogP contribution in [0.3, 0.4) is 0 Å². The molecule has 19 heavy (non-hydrogen) atoms. The number of carbonyl (C=O) groups is 1. The topological polar surface area (TPSA) is 38.3 Å². The summed E-state index contributed by atoms with van der Waals surface area (Å²) < 4.78 is 4.66. The Kier molecular flexibility index (Phi) is 6.95. The SMILES string of the molecule is CCNC(CSCC(=O)OC)c1cc(C)cc(C)c1. The predicted octanol–water partition coefficient (Wildman–Crippen LogP) is 2.86. The van der Waals surface area contributed by atoms with E-state index in [1.807, 2.05) is 0 Å². The Morgan fingerprint density at radius 2 is 1.95 bits per heavy atom. The standard InChI is InChI=1S/C15H23NO2S/c1-5-16-14(9-19-10-15(17)18-4)13-7-11(2)6-12(3)8-13/h6-8,14,16H,5,9-10H2,1-4H3. The van der Waals surface area contributed by atoms with Crippen molar-refractivity contribution in [2.75, 3.05) is 25.2 Å². The molecule has 0 aliphatic rings. The second kappa shape index (κ2) is 8.23. The van der Waals surface area contributed by atoms with Gasteiger partial charge in [0, 0.05) is 11.8 Å². The first kappa shape index (κ1) is 16.1. The number of esters is 1. The summed E-state index contributed by atoms with van der Waals surface area (Å²) in [6, 6.07) is 6.87. The highest BCUT2D eigenvalue weighted by molar-refractivity contribution is 7.99. The molecule has 0 aliphatic heterocycles. The van der Waals surface area contributed by atoms with Gasteiger partial charge >= 0.3 is 5.97 Å². The number of hydrogen-bond acceptors (Lipinski definition) is 4. The summed E-state index contributed by atoms with van der Waals surface area (Å²) in [6.07, 6.45) is 0. The van der Waals surface area contributed by atoms with Gasteiger partial charge in [-0.2, -0.15) is 0 Å². The van der Waals surface area contributed by atoms with Crippen LogP contribution in [0.2, 0.25) is 0 Å². The third-order valence-corrected chi connectivity index (χ3v) is 3.84. The molecule has 1 aromatic rings. The van der Waals surface area contributed by atoms with Crippen LogP contribution in [0.1, 0.15) is 29.7 Å². The molecule has 0 saturated carbocycles. The molecule has 4 heteroatoms. The second-order valence-electron chi connectivity index (χ2n) is 4.62. The number of methoxy groups -OCH3 is 1. The Morgan fingerprint density at radius 1 is 1.32 bits per heavy atom. The van der Waals surface area contributed by atoms with Crippen molar-refractivity contribution in [3.63, 3.8) is 0 Å². The van der Waals surface area contributed by atoms with Crippen molar-refractivity contribution in [3.8, 4) is 0 Å². The van der Waals surface area contributed by atoms with Gasteiger partial charge in [-0.05, 0) is 26.0 Å². The largest absolute Gasteiger partial charge is 0.468 e. The molecule has 0 fully saturated rings. The highest BCUT2D eigenvalue weighted by atomic mass is 32.2. The molecule has 0 aromatic heterocycles. The molecule has 0 amide bonds. The number of carbonyl (C=O) groups excluding carboxylic acids is 1. The highest BCUT2D eigenvalue weighted by Gasteiger charge is 2.12. The lowest BCUT2D eigenvalue weighted by atomic mass is 10.0. The van der Waals surface area contributed by atoms with Gasteiger partial charge in [-0.1, -0.05) is 36.2 Å². The molecule has 3 nitrogen and oxygen atoms in total. The van der Waals surface area contributed by atoms with Gasteiger partial charge in [-0.3, -0.25) is 4.79 Å². The Morgan fingerprint density at radius 3 is 2.47 bits per heavy atom. The van der Waals surface area contributed by atoms with Crippen molar-refractivity contribution >= 4 is 17.7 Å². The third kappa shape index (κ3) is 5.66. The maximum atomic E-state index is 11.1. The van der Waals surface area contributed by atoms with Crippen LogP contribution in [0.25, 0.3) is 0 Å². The Bertz CT molecular complexity index is 400. The number of ether oxygens (including phenoxy) is 1. The van der Waals surface area contributed by atoms with Gasteiger partial charge in [0.25, 0.3) is 0 Å². The fourth-order valence-electron chi connectivity index (χ4n) is 2.05. The summed E-state index contributed by atoms with van der Waals surface area (Å²) in [7, 11) is 1.43. The minimum atomic E-state index is -0.166. The lowest BCUT2D eigenvalue weighted by Gasteiger charge is -2.19. The van der Waals surface area contributed by atoms with Crippen LogP contribution in [-0.4, -0.2) is 31.1 Å². The molecule has 106 valence electrons. The molecule has 1 atom stereocenters. The molecular weight excluding hydrogens is 258 g/mol. The fourth-order valence-corrected chi connectivity index (χ4v) is 3.00. The molecule has 1 N–H and O–H groups in total. The maximum Gasteiger partial charge on any atom is 0.315 e. The minimum Gasteiger partial charge on any atom is -0.468 e. The van der Waals surface area contributed by atoms with E-state index >= 15 is 0 Å². The minimum absolute atomic E-state index is 0.166. The Hall–Kier alpha value is -1.00. The third-order valence-electron chi connectivity index (χ3n) is 2.83. The first-order chi connectivity index (χ1) is 9.06. The fraction of sp³-hybridized carbons (Fsp3) is 0.533. The number of nitrogens with one attached hydrogen (secondary N) is 1. The van der Waals surface area contributed by atoms with Crippen LogP contribution >= 0.6 is 11.8 Å². The van der Waals surface area contributed by atoms with E-state index in [0.29, 0.717) is 5.75 Å². The summed E-state index contributed by atoms with van der Waals surface area (Å²) in [6.45, 7) is 7.24. The van der Waals surface area contributed by atoms with E-state index in [2.05, 4.69) is 49.0 Å². The van der Waals surface area contributed by atoms with Crippen molar-refractivity contribution in [3.05, 3.63) is 34.9 Å². The molecule has 0 saturated heterocycles. The van der Waals surface area contributed by atoms with Gasteiger partial charge in [-0.25, -0.2) is 0 Å². The smallest absolute Gasteiger partial charge is 0.315 e. The van der Waals surface area contributed by atoms with E-state index in [1.54, 1.807) is 11.8 Å². The molecule has 1 aromatic carbocycles. The predicted molar refractivity (Wildman–Crippen MR) is 81.7 cm³/mol. The lowest BCUT2D eigenvalue weighted by Crippen LogP contribution is -2.23. The molecule has 0 aliphatic carbocycles. The molecular formula is C15H23NO2S. The van der Waals surface area contributed by atoms with E-state index in [9.17, 15) is 4.79 Å². The van der Waals surface area contributed by atoms with Gasteiger partial charge in [0.2, 0.25) is 0 Å². The molecule has 0 radical (unpaired) electrons.